The highest BCUT2D eigenvalue weighted by atomic mass is 36.5. The zero-order chi connectivity index (χ0) is 32.1. The molecule has 0 radical (unpaired) electrons. The van der Waals surface area contributed by atoms with Crippen LogP contribution in [0.1, 0.15) is 58.1 Å². The first-order valence-corrected chi connectivity index (χ1v) is 17.1. The Kier molecular flexibility index (Phi) is 9.88. The van der Waals surface area contributed by atoms with Gasteiger partial charge in [0, 0.05) is 68.3 Å². The topological polar surface area (TPSA) is 6.25 Å². The number of hydrogen-bond acceptors (Lipinski definition) is 1. The second-order valence-electron chi connectivity index (χ2n) is 13.4. The summed E-state index contributed by atoms with van der Waals surface area (Å²) < 4.78 is 2.36. The summed E-state index contributed by atoms with van der Waals surface area (Å²) in [5.74, 6) is 0. The van der Waals surface area contributed by atoms with E-state index in [-0.39, 0.29) is 23.2 Å². The van der Waals surface area contributed by atoms with Crippen LogP contribution in [0.5, 0.6) is 0 Å². The fourth-order valence-electron chi connectivity index (χ4n) is 7.95. The molecule has 0 amide bonds. The van der Waals surface area contributed by atoms with Gasteiger partial charge in [0.2, 0.25) is 5.69 Å². The van der Waals surface area contributed by atoms with Crippen LogP contribution in [0.2, 0.25) is 0 Å². The summed E-state index contributed by atoms with van der Waals surface area (Å²) in [4.78, 5) is 2.36. The van der Waals surface area contributed by atoms with Crippen LogP contribution in [0.15, 0.2) is 119 Å². The van der Waals surface area contributed by atoms with Gasteiger partial charge in [-0.2, -0.15) is 4.58 Å². The molecule has 2 aliphatic heterocycles. The van der Waals surface area contributed by atoms with Gasteiger partial charge in [0.05, 0.1) is 5.41 Å². The zero-order valence-electron chi connectivity index (χ0n) is 27.3. The molecule has 7 rings (SSSR count). The molecule has 3 aliphatic rings. The molecule has 46 heavy (non-hydrogen) atoms. The molecule has 0 spiro atoms. The first kappa shape index (κ1) is 34.3. The van der Waals surface area contributed by atoms with E-state index in [4.69, 9.17) is 11.6 Å². The van der Waals surface area contributed by atoms with Crippen LogP contribution in [0.3, 0.4) is 0 Å². The summed E-state index contributed by atoms with van der Waals surface area (Å²) in [5.41, 5.74) is 10.2. The van der Waals surface area contributed by atoms with Crippen LogP contribution in [0.4, 0.5) is 11.4 Å². The van der Waals surface area contributed by atoms with E-state index in [1.165, 1.54) is 66.6 Å². The highest BCUT2D eigenvalue weighted by molar-refractivity contribution is 6.85. The van der Waals surface area contributed by atoms with E-state index in [0.717, 1.165) is 24.3 Å². The number of likely N-dealkylation sites (N-methyl/N-ethyl adjacent to an activating group) is 1. The van der Waals surface area contributed by atoms with Gasteiger partial charge in [-0.3, -0.25) is 0 Å². The second-order valence-corrected chi connectivity index (χ2v) is 13.8. The van der Waals surface area contributed by atoms with Crippen molar-refractivity contribution in [3.63, 3.8) is 0 Å². The van der Waals surface area contributed by atoms with E-state index in [1.807, 2.05) is 0 Å². The van der Waals surface area contributed by atoms with Gasteiger partial charge in [-0.05, 0) is 89.6 Å². The third kappa shape index (κ3) is 5.52. The van der Waals surface area contributed by atoms with Crippen molar-refractivity contribution in [3.05, 3.63) is 130 Å². The van der Waals surface area contributed by atoms with Crippen LogP contribution in [-0.2, 0) is 10.8 Å². The quantitative estimate of drug-likeness (QED) is 0.194. The SMILES string of the molecule is CN1/C(=C/C=C2CCCC(/C=C/C3=[N+](C)c4ccc5ccccc5c4C3(C)C)=C2Cl)C(C)(C)c2c1ccc1ccccc21.Cl.ClCl. The van der Waals surface area contributed by atoms with Crippen molar-refractivity contribution in [1.82, 2.24) is 0 Å². The summed E-state index contributed by atoms with van der Waals surface area (Å²) in [5, 5.41) is 6.17. The maximum atomic E-state index is 7.16. The number of anilines is 1. The lowest BCUT2D eigenvalue weighted by atomic mass is 9.79. The second kappa shape index (κ2) is 13.2. The van der Waals surface area contributed by atoms with E-state index >= 15 is 0 Å². The molecule has 4 aromatic carbocycles. The van der Waals surface area contributed by atoms with Crippen molar-refractivity contribution < 1.29 is 4.58 Å². The molecule has 0 saturated carbocycles. The van der Waals surface area contributed by atoms with Crippen LogP contribution in [0.25, 0.3) is 21.5 Å². The van der Waals surface area contributed by atoms with E-state index in [9.17, 15) is 0 Å². The molecule has 2 heterocycles. The van der Waals surface area contributed by atoms with Crippen molar-refractivity contribution in [2.45, 2.75) is 57.8 Å². The molecule has 0 atom stereocenters. The number of allylic oxidation sites excluding steroid dienone is 8. The summed E-state index contributed by atoms with van der Waals surface area (Å²) in [6, 6.07) is 26.5. The highest BCUT2D eigenvalue weighted by Crippen LogP contribution is 2.50. The van der Waals surface area contributed by atoms with E-state index in [0.29, 0.717) is 0 Å². The zero-order valence-corrected chi connectivity index (χ0v) is 30.4. The summed E-state index contributed by atoms with van der Waals surface area (Å²) in [7, 11) is 12.6. The maximum absolute atomic E-state index is 7.16. The van der Waals surface area contributed by atoms with Gasteiger partial charge in [-0.1, -0.05) is 92.2 Å². The van der Waals surface area contributed by atoms with Crippen molar-refractivity contribution >= 4 is 84.3 Å². The monoisotopic (exact) mass is 689 g/mol. The minimum Gasteiger partial charge on any atom is -0.347 e. The van der Waals surface area contributed by atoms with Gasteiger partial charge in [0.25, 0.3) is 0 Å². The lowest BCUT2D eigenvalue weighted by molar-refractivity contribution is -0.401. The molecule has 0 bridgehead atoms. The smallest absolute Gasteiger partial charge is 0.210 e. The molecule has 0 aromatic heterocycles. The van der Waals surface area contributed by atoms with Gasteiger partial charge in [-0.15, -0.1) is 12.4 Å². The third-order valence-corrected chi connectivity index (χ3v) is 10.6. The number of halogens is 4. The Balaban J connectivity index is 0.00000136. The fraction of sp³-hybridized carbons (Fsp3) is 0.275. The maximum Gasteiger partial charge on any atom is 0.210 e. The molecule has 6 heteroatoms. The number of benzene rings is 4. The van der Waals surface area contributed by atoms with Crippen LogP contribution in [-0.4, -0.2) is 24.4 Å². The minimum absolute atomic E-state index is 0. The van der Waals surface area contributed by atoms with Gasteiger partial charge in [-0.25, -0.2) is 0 Å². The van der Waals surface area contributed by atoms with E-state index in [1.54, 1.807) is 0 Å². The first-order chi connectivity index (χ1) is 21.6. The molecule has 0 unspecified atom stereocenters. The number of hydrogen-bond donors (Lipinski definition) is 0. The summed E-state index contributed by atoms with van der Waals surface area (Å²) in [6.07, 6.45) is 12.3. The molecule has 0 saturated heterocycles. The lowest BCUT2D eigenvalue weighted by Crippen LogP contribution is -2.27. The Morgan fingerprint density at radius 1 is 0.739 bits per heavy atom. The average Bonchev–Trinajstić information content (AvgIpc) is 3.37. The molecule has 0 N–H and O–H groups in total. The van der Waals surface area contributed by atoms with Crippen molar-refractivity contribution in [2.24, 2.45) is 0 Å². The standard InChI is InChI=1S/C40H40ClN2.Cl2.ClH/c1-39(2)34(42(5)32-22-18-26-12-7-9-16-30(26)36(32)39)24-20-28-14-11-15-29(38(28)41)21-25-35-40(3,4)37-31-17-10-8-13-27(31)19-23-33(37)43(35)6;1-2;/h7-10,12-13,16-25H,11,14-15H2,1-6H3;;1H/q+1;;. The largest absolute Gasteiger partial charge is 0.347 e. The summed E-state index contributed by atoms with van der Waals surface area (Å²) >= 11 is 7.16. The fourth-order valence-corrected chi connectivity index (χ4v) is 8.27. The van der Waals surface area contributed by atoms with Gasteiger partial charge in [0.15, 0.2) is 5.71 Å². The van der Waals surface area contributed by atoms with Crippen molar-refractivity contribution in [1.29, 1.82) is 0 Å². The Labute approximate surface area is 294 Å². The number of rotatable bonds is 3. The predicted molar refractivity (Wildman–Crippen MR) is 204 cm³/mol. The van der Waals surface area contributed by atoms with Gasteiger partial charge < -0.3 is 4.90 Å². The van der Waals surface area contributed by atoms with Gasteiger partial charge in [0.1, 0.15) is 7.05 Å². The Morgan fingerprint density at radius 3 is 2.02 bits per heavy atom. The predicted octanol–water partition coefficient (Wildman–Crippen LogP) is 12.3. The summed E-state index contributed by atoms with van der Waals surface area (Å²) in [6.45, 7) is 9.38. The molecule has 238 valence electrons. The average molecular weight is 692 g/mol. The molecule has 2 nitrogen and oxygen atoms in total. The Hall–Kier alpha value is -3.01. The molecular weight excluding hydrogens is 650 g/mol. The Bertz CT molecular complexity index is 1990. The molecular formula is C40H41Cl4N2+. The van der Waals surface area contributed by atoms with Crippen LogP contribution >= 0.6 is 45.7 Å². The van der Waals surface area contributed by atoms with Crippen LogP contribution < -0.4 is 4.90 Å². The highest BCUT2D eigenvalue weighted by Gasteiger charge is 2.44. The van der Waals surface area contributed by atoms with E-state index < -0.39 is 0 Å². The Morgan fingerprint density at radius 2 is 1.35 bits per heavy atom. The van der Waals surface area contributed by atoms with E-state index in [2.05, 4.69) is 170 Å². The van der Waals surface area contributed by atoms with Crippen molar-refractivity contribution in [2.75, 3.05) is 19.0 Å². The first-order valence-electron chi connectivity index (χ1n) is 15.6. The van der Waals surface area contributed by atoms with Gasteiger partial charge >= 0.3 is 0 Å². The lowest BCUT2D eigenvalue weighted by Gasteiger charge is -2.25. The van der Waals surface area contributed by atoms with Crippen molar-refractivity contribution in [3.8, 4) is 0 Å². The number of fused-ring (bicyclic) bond motifs is 6. The molecule has 1 aliphatic carbocycles. The molecule has 4 aromatic rings. The third-order valence-electron chi connectivity index (χ3n) is 10.1. The number of nitrogens with zero attached hydrogens (tertiary/aromatic N) is 2. The molecule has 0 fully saturated rings. The van der Waals surface area contributed by atoms with Crippen LogP contribution in [0, 0.1) is 0 Å². The normalized spacial score (nSPS) is 20.0. The minimum atomic E-state index is -0.107.